The lowest BCUT2D eigenvalue weighted by Gasteiger charge is -2.20. The van der Waals surface area contributed by atoms with Crippen molar-refractivity contribution in [3.05, 3.63) is 102 Å². The van der Waals surface area contributed by atoms with Gasteiger partial charge >= 0.3 is 6.18 Å². The Balaban J connectivity index is 1.56. The Bertz CT molecular complexity index is 1700. The van der Waals surface area contributed by atoms with E-state index in [0.717, 1.165) is 6.07 Å². The molecule has 0 spiro atoms. The number of hydrogen-bond donors (Lipinski definition) is 4. The van der Waals surface area contributed by atoms with E-state index < -0.39 is 44.8 Å². The third-order valence-corrected chi connectivity index (χ3v) is 7.89. The fourth-order valence-electron chi connectivity index (χ4n) is 4.66. The maximum atomic E-state index is 15.1. The van der Waals surface area contributed by atoms with Gasteiger partial charge in [-0.05, 0) is 47.9 Å². The third-order valence-electron chi connectivity index (χ3n) is 6.72. The molecule has 212 valence electrons. The molecule has 2 heterocycles. The van der Waals surface area contributed by atoms with Crippen molar-refractivity contribution in [3.8, 4) is 22.4 Å². The van der Waals surface area contributed by atoms with Gasteiger partial charge in [0.1, 0.15) is 5.82 Å². The summed E-state index contributed by atoms with van der Waals surface area (Å²) in [6.07, 6.45) is -1.59. The second-order valence-electron chi connectivity index (χ2n) is 9.64. The zero-order chi connectivity index (χ0) is 29.4. The number of pyridine rings is 1. The molecular weight excluding hydrogens is 558 g/mol. The molecular formula is C29H25F4N5O2S. The third kappa shape index (κ3) is 6.14. The zero-order valence-electron chi connectivity index (χ0n) is 21.7. The Morgan fingerprint density at radius 1 is 1.02 bits per heavy atom. The van der Waals surface area contributed by atoms with Crippen molar-refractivity contribution in [2.24, 2.45) is 0 Å². The number of halogens is 4. The number of carbonyl (C=O) groups is 1. The van der Waals surface area contributed by atoms with Crippen LogP contribution in [-0.2, 0) is 15.9 Å². The molecule has 3 aromatic carbocycles. The van der Waals surface area contributed by atoms with Crippen molar-refractivity contribution in [3.63, 3.8) is 0 Å². The SMILES string of the molecule is CS(=N)(=O)c1ccc(-c2cnc(-c3ccccc3)c(NC(=O)c3cc(C4CCNN4)c(C(F)(F)F)cc3F)c2)cc1. The number of benzene rings is 3. The van der Waals surface area contributed by atoms with Gasteiger partial charge in [0.15, 0.2) is 0 Å². The van der Waals surface area contributed by atoms with Crippen molar-refractivity contribution < 1.29 is 26.6 Å². The second kappa shape index (κ2) is 11.0. The van der Waals surface area contributed by atoms with Gasteiger partial charge < -0.3 is 5.32 Å². The highest BCUT2D eigenvalue weighted by atomic mass is 32.2. The number of hydrogen-bond acceptors (Lipinski definition) is 6. The van der Waals surface area contributed by atoms with Crippen molar-refractivity contribution in [1.29, 1.82) is 4.78 Å². The molecule has 0 aliphatic carbocycles. The van der Waals surface area contributed by atoms with Crippen LogP contribution in [-0.4, -0.2) is 27.9 Å². The summed E-state index contributed by atoms with van der Waals surface area (Å²) in [7, 11) is -2.91. The number of hydrazine groups is 1. The minimum atomic E-state index is -4.81. The predicted molar refractivity (Wildman–Crippen MR) is 148 cm³/mol. The van der Waals surface area contributed by atoms with Gasteiger partial charge in [0.2, 0.25) is 0 Å². The molecule has 7 nitrogen and oxygen atoms in total. The van der Waals surface area contributed by atoms with Crippen LogP contribution in [0.1, 0.15) is 33.9 Å². The molecule has 0 radical (unpaired) electrons. The van der Waals surface area contributed by atoms with E-state index in [0.29, 0.717) is 46.3 Å². The van der Waals surface area contributed by atoms with Crippen LogP contribution in [0.15, 0.2) is 83.9 Å². The van der Waals surface area contributed by atoms with E-state index in [9.17, 15) is 22.2 Å². The average Bonchev–Trinajstić information content (AvgIpc) is 3.47. The minimum Gasteiger partial charge on any atom is -0.320 e. The lowest BCUT2D eigenvalue weighted by atomic mass is 9.95. The van der Waals surface area contributed by atoms with E-state index in [1.54, 1.807) is 66.9 Å². The Hall–Kier alpha value is -4.13. The van der Waals surface area contributed by atoms with Crippen molar-refractivity contribution in [2.75, 3.05) is 18.1 Å². The van der Waals surface area contributed by atoms with E-state index in [1.165, 1.54) is 6.26 Å². The fraction of sp³-hybridized carbons (Fsp3) is 0.172. The van der Waals surface area contributed by atoms with Crippen LogP contribution in [0.25, 0.3) is 22.4 Å². The monoisotopic (exact) mass is 583 g/mol. The highest BCUT2D eigenvalue weighted by molar-refractivity contribution is 7.91. The molecule has 0 bridgehead atoms. The van der Waals surface area contributed by atoms with E-state index >= 15 is 4.39 Å². The van der Waals surface area contributed by atoms with Gasteiger partial charge in [-0.3, -0.25) is 20.6 Å². The van der Waals surface area contributed by atoms with Gasteiger partial charge in [-0.1, -0.05) is 42.5 Å². The topological polar surface area (TPSA) is 107 Å². The first kappa shape index (κ1) is 28.4. The number of alkyl halides is 3. The summed E-state index contributed by atoms with van der Waals surface area (Å²) in [5.41, 5.74) is 6.05. The number of rotatable bonds is 6. The van der Waals surface area contributed by atoms with Gasteiger partial charge in [-0.15, -0.1) is 0 Å². The highest BCUT2D eigenvalue weighted by Gasteiger charge is 2.37. The van der Waals surface area contributed by atoms with Gasteiger partial charge in [-0.2, -0.15) is 13.2 Å². The lowest BCUT2D eigenvalue weighted by Crippen LogP contribution is -2.27. The fourth-order valence-corrected chi connectivity index (χ4v) is 5.31. The largest absolute Gasteiger partial charge is 0.416 e. The van der Waals surface area contributed by atoms with Gasteiger partial charge in [0, 0.05) is 41.1 Å². The molecule has 1 aliphatic heterocycles. The highest BCUT2D eigenvalue weighted by Crippen LogP contribution is 2.38. The number of nitrogens with zero attached hydrogens (tertiary/aromatic N) is 1. The van der Waals surface area contributed by atoms with Crippen LogP contribution in [0.5, 0.6) is 0 Å². The van der Waals surface area contributed by atoms with Gasteiger partial charge in [0.25, 0.3) is 5.91 Å². The second-order valence-corrected chi connectivity index (χ2v) is 11.8. The Labute approximate surface area is 234 Å². The Kier molecular flexibility index (Phi) is 7.64. The summed E-state index contributed by atoms with van der Waals surface area (Å²) < 4.78 is 76.1. The predicted octanol–water partition coefficient (Wildman–Crippen LogP) is 6.40. The quantitative estimate of drug-likeness (QED) is 0.197. The summed E-state index contributed by atoms with van der Waals surface area (Å²) in [6.45, 7) is 0.415. The van der Waals surface area contributed by atoms with Crippen LogP contribution in [0.2, 0.25) is 0 Å². The number of anilines is 1. The average molecular weight is 584 g/mol. The number of aromatic nitrogens is 1. The Morgan fingerprint density at radius 3 is 2.34 bits per heavy atom. The van der Waals surface area contributed by atoms with Gasteiger partial charge in [-0.25, -0.2) is 13.4 Å². The standard InChI is InChI=1S/C29H25F4N5O2S/c1-41(34,40)20-9-7-17(8-10-20)19-13-26(27(35-16-19)18-5-3-2-4-6-18)37-28(39)22-14-21(25-11-12-36-38-25)23(15-24(22)30)29(31,32)33/h2-10,13-16,25,34,36,38H,11-12H2,1H3,(H,37,39). The molecule has 12 heteroatoms. The maximum Gasteiger partial charge on any atom is 0.416 e. The first-order valence-corrected chi connectivity index (χ1v) is 14.5. The lowest BCUT2D eigenvalue weighted by molar-refractivity contribution is -0.138. The molecule has 4 aromatic rings. The summed E-state index contributed by atoms with van der Waals surface area (Å²) in [5, 5.41) is 2.65. The zero-order valence-corrected chi connectivity index (χ0v) is 22.5. The molecule has 1 amide bonds. The van der Waals surface area contributed by atoms with Crippen molar-refractivity contribution in [1.82, 2.24) is 15.8 Å². The number of nitrogens with one attached hydrogen (secondary N) is 4. The first-order chi connectivity index (χ1) is 19.4. The minimum absolute atomic E-state index is 0.212. The molecule has 2 unspecified atom stereocenters. The molecule has 2 atom stereocenters. The number of amides is 1. The summed E-state index contributed by atoms with van der Waals surface area (Å²) in [5.74, 6) is -2.24. The summed E-state index contributed by atoms with van der Waals surface area (Å²) in [4.78, 5) is 18.3. The molecule has 1 saturated heterocycles. The molecule has 1 aromatic heterocycles. The first-order valence-electron chi connectivity index (χ1n) is 12.5. The van der Waals surface area contributed by atoms with Crippen molar-refractivity contribution >= 4 is 21.3 Å². The Morgan fingerprint density at radius 2 is 1.73 bits per heavy atom. The molecule has 41 heavy (non-hydrogen) atoms. The maximum absolute atomic E-state index is 15.1. The summed E-state index contributed by atoms with van der Waals surface area (Å²) >= 11 is 0. The van der Waals surface area contributed by atoms with E-state index in [2.05, 4.69) is 21.2 Å². The van der Waals surface area contributed by atoms with Crippen LogP contribution in [0.4, 0.5) is 23.2 Å². The molecule has 1 aliphatic rings. The molecule has 1 fully saturated rings. The molecule has 5 rings (SSSR count). The molecule has 4 N–H and O–H groups in total. The van der Waals surface area contributed by atoms with Crippen LogP contribution < -0.4 is 16.2 Å². The number of carbonyl (C=O) groups excluding carboxylic acids is 1. The van der Waals surface area contributed by atoms with E-state index in [1.807, 2.05) is 0 Å². The van der Waals surface area contributed by atoms with Crippen LogP contribution in [0, 0.1) is 10.6 Å². The van der Waals surface area contributed by atoms with E-state index in [4.69, 9.17) is 4.78 Å². The van der Waals surface area contributed by atoms with Crippen LogP contribution >= 0.6 is 0 Å². The van der Waals surface area contributed by atoms with E-state index in [-0.39, 0.29) is 11.3 Å². The normalized spacial score (nSPS) is 16.8. The summed E-state index contributed by atoms with van der Waals surface area (Å²) in [6, 6.07) is 17.6. The van der Waals surface area contributed by atoms with Crippen molar-refractivity contribution in [2.45, 2.75) is 23.5 Å². The van der Waals surface area contributed by atoms with Gasteiger partial charge in [0.05, 0.1) is 32.2 Å². The smallest absolute Gasteiger partial charge is 0.320 e. The molecule has 0 saturated carbocycles. The van der Waals surface area contributed by atoms with Crippen LogP contribution in [0.3, 0.4) is 0 Å².